The fourth-order valence-electron chi connectivity index (χ4n) is 7.61. The van der Waals surface area contributed by atoms with Gasteiger partial charge in [-0.25, -0.2) is 4.79 Å². The Hall–Kier alpha value is -3.34. The number of likely N-dealkylation sites (N-methyl/N-ethyl adjacent to an activating group) is 1. The van der Waals surface area contributed by atoms with E-state index in [1.165, 1.54) is 0 Å². The van der Waals surface area contributed by atoms with Gasteiger partial charge in [-0.3, -0.25) is 0 Å². The summed E-state index contributed by atoms with van der Waals surface area (Å²) < 4.78 is 20.0. The van der Waals surface area contributed by atoms with E-state index >= 15 is 0 Å². The van der Waals surface area contributed by atoms with Crippen LogP contribution in [0.4, 0.5) is 4.79 Å². The Morgan fingerprint density at radius 3 is 2.55 bits per heavy atom. The van der Waals surface area contributed by atoms with Gasteiger partial charge in [0, 0.05) is 44.7 Å². The minimum atomic E-state index is -1.25. The van der Waals surface area contributed by atoms with Crippen LogP contribution in [0.2, 0.25) is 0 Å². The average molecular weight is 654 g/mol. The lowest BCUT2D eigenvalue weighted by atomic mass is 9.55. The molecule has 10 nitrogen and oxygen atoms in total. The number of urea groups is 1. The fourth-order valence-corrected chi connectivity index (χ4v) is 7.61. The van der Waals surface area contributed by atoms with Crippen LogP contribution >= 0.6 is 0 Å². The van der Waals surface area contributed by atoms with Gasteiger partial charge >= 0.3 is 6.03 Å². The van der Waals surface area contributed by atoms with Crippen molar-refractivity contribution in [1.82, 2.24) is 10.2 Å². The number of nitrogens with zero attached hydrogens (tertiary/aromatic N) is 2. The largest absolute Gasteiger partial charge is 0.490 e. The summed E-state index contributed by atoms with van der Waals surface area (Å²) in [4.78, 5) is 21.0. The molecule has 4 rings (SSSR count). The molecule has 0 aromatic heterocycles. The third-order valence-corrected chi connectivity index (χ3v) is 9.63. The second-order valence-corrected chi connectivity index (χ2v) is 12.6. The molecule has 1 aromatic rings. The number of nitrogens with one attached hydrogen (secondary N) is 1. The van der Waals surface area contributed by atoms with E-state index in [2.05, 4.69) is 35.8 Å². The van der Waals surface area contributed by atoms with Gasteiger partial charge in [0.15, 0.2) is 0 Å². The number of ether oxygens (including phenoxy) is 3. The molecule has 2 aliphatic carbocycles. The molecule has 1 aromatic carbocycles. The number of fused-ring (bicyclic) bond motifs is 2. The van der Waals surface area contributed by atoms with E-state index in [1.807, 2.05) is 26.0 Å². The second-order valence-electron chi connectivity index (χ2n) is 12.6. The van der Waals surface area contributed by atoms with Crippen LogP contribution in [0.25, 0.3) is 0 Å². The van der Waals surface area contributed by atoms with E-state index < -0.39 is 11.8 Å². The van der Waals surface area contributed by atoms with E-state index in [-0.39, 0.29) is 49.5 Å². The number of amides is 2. The number of benzene rings is 1. The normalized spacial score (nSPS) is 26.7. The average Bonchev–Trinajstić information content (AvgIpc) is 3.08. The van der Waals surface area contributed by atoms with Gasteiger partial charge in [-0.05, 0) is 74.6 Å². The van der Waals surface area contributed by atoms with Gasteiger partial charge in [0.2, 0.25) is 5.79 Å². The van der Waals surface area contributed by atoms with Crippen molar-refractivity contribution in [2.24, 2.45) is 22.9 Å². The highest BCUT2D eigenvalue weighted by atomic mass is 16.7. The molecule has 1 aliphatic heterocycles. The number of hydrogen-bond donors (Lipinski definition) is 3. The molecule has 1 saturated carbocycles. The van der Waals surface area contributed by atoms with Crippen molar-refractivity contribution in [2.45, 2.75) is 83.0 Å². The molecule has 0 spiro atoms. The van der Waals surface area contributed by atoms with Crippen LogP contribution in [0.1, 0.15) is 76.7 Å². The Bertz CT molecular complexity index is 1270. The smallest absolute Gasteiger partial charge is 0.317 e. The third kappa shape index (κ3) is 8.04. The van der Waals surface area contributed by atoms with Gasteiger partial charge in [-0.2, -0.15) is 0 Å². The topological polar surface area (TPSA) is 122 Å². The summed E-state index contributed by atoms with van der Waals surface area (Å²) in [6.07, 6.45) is 11.9. The maximum Gasteiger partial charge on any atom is 0.317 e. The Morgan fingerprint density at radius 2 is 1.87 bits per heavy atom. The number of hydrogen-bond acceptors (Lipinski definition) is 8. The van der Waals surface area contributed by atoms with Crippen molar-refractivity contribution in [3.05, 3.63) is 60.7 Å². The zero-order chi connectivity index (χ0) is 33.8. The van der Waals surface area contributed by atoms with Crippen LogP contribution in [0.15, 0.2) is 60.3 Å². The number of allylic oxidation sites excluding steroid dienone is 1. The number of oxime groups is 1. The molecule has 0 radical (unpaired) electrons. The summed E-state index contributed by atoms with van der Waals surface area (Å²) in [5.41, 5.74) is 2.82. The Labute approximate surface area is 280 Å². The zero-order valence-electron chi connectivity index (χ0n) is 28.5. The third-order valence-electron chi connectivity index (χ3n) is 9.63. The summed E-state index contributed by atoms with van der Waals surface area (Å²) in [6.45, 7) is 13.5. The first-order valence-corrected chi connectivity index (χ1v) is 17.3. The van der Waals surface area contributed by atoms with Crippen LogP contribution in [-0.2, 0) is 9.57 Å². The standard InChI is InChI=1S/C37H55N3O7/c1-6-18-38-36(43)40(5)33-25-31(39-46-9-4)29-23-26(14-10-12-19-41)28(15-11-13-20-42)34-30-24-27(44-21-7-2)16-17-32(30)47-37(33,35(29)34)45-22-8-3/h7-8,16-17,23-24,26,28,33-35,41-42H,2-3,6,9-15,18-22,25H2,1,4-5H3,(H,38,43). The highest BCUT2D eigenvalue weighted by Crippen LogP contribution is 2.61. The molecule has 3 N–H and O–H groups in total. The number of carbonyl (C=O) groups is 1. The molecule has 2 amide bonds. The lowest BCUT2D eigenvalue weighted by Crippen LogP contribution is -2.70. The van der Waals surface area contributed by atoms with Crippen molar-refractivity contribution in [1.29, 1.82) is 0 Å². The highest BCUT2D eigenvalue weighted by molar-refractivity contribution is 6.03. The summed E-state index contributed by atoms with van der Waals surface area (Å²) in [6, 6.07) is 5.18. The van der Waals surface area contributed by atoms with Crippen molar-refractivity contribution < 1.29 is 34.1 Å². The molecule has 47 heavy (non-hydrogen) atoms. The monoisotopic (exact) mass is 653 g/mol. The van der Waals surface area contributed by atoms with Gasteiger partial charge in [0.25, 0.3) is 0 Å². The van der Waals surface area contributed by atoms with Crippen LogP contribution in [0.3, 0.4) is 0 Å². The summed E-state index contributed by atoms with van der Waals surface area (Å²) in [5.74, 6) is 0.0701. The maximum atomic E-state index is 13.6. The lowest BCUT2D eigenvalue weighted by Gasteiger charge is -2.59. The van der Waals surface area contributed by atoms with Gasteiger partial charge in [0.05, 0.1) is 18.2 Å². The van der Waals surface area contributed by atoms with Gasteiger partial charge < -0.3 is 39.5 Å². The number of unbranched alkanes of at least 4 members (excludes halogenated alkanes) is 2. The van der Waals surface area contributed by atoms with E-state index in [1.54, 1.807) is 24.1 Å². The van der Waals surface area contributed by atoms with Crippen molar-refractivity contribution >= 4 is 11.7 Å². The molecule has 0 saturated heterocycles. The molecule has 6 unspecified atom stereocenters. The van der Waals surface area contributed by atoms with Crippen LogP contribution < -0.4 is 14.8 Å². The predicted octanol–water partition coefficient (Wildman–Crippen LogP) is 5.96. The molecule has 260 valence electrons. The van der Waals surface area contributed by atoms with Gasteiger partial charge in [-0.1, -0.05) is 49.7 Å². The first kappa shape index (κ1) is 36.5. The maximum absolute atomic E-state index is 13.6. The number of carbonyl (C=O) groups excluding carboxylic acids is 1. The van der Waals surface area contributed by atoms with E-state index in [9.17, 15) is 15.0 Å². The highest BCUT2D eigenvalue weighted by Gasteiger charge is 2.65. The van der Waals surface area contributed by atoms with Crippen molar-refractivity contribution in [3.63, 3.8) is 0 Å². The summed E-state index contributed by atoms with van der Waals surface area (Å²) >= 11 is 0. The number of rotatable bonds is 19. The first-order chi connectivity index (χ1) is 22.9. The van der Waals surface area contributed by atoms with Crippen LogP contribution in [0.5, 0.6) is 11.5 Å². The SMILES string of the molecule is C=CCOc1ccc2c(c1)C1C(CCCCO)C(CCCCO)C=C3C(=NOCC)CC(N(C)C(=O)NCCC)C(OCC=C)(O2)C31. The first-order valence-electron chi connectivity index (χ1n) is 17.3. The minimum absolute atomic E-state index is 0.0876. The summed E-state index contributed by atoms with van der Waals surface area (Å²) in [7, 11) is 1.79. The molecule has 6 atom stereocenters. The molecule has 10 heteroatoms. The van der Waals surface area contributed by atoms with E-state index in [4.69, 9.17) is 19.0 Å². The van der Waals surface area contributed by atoms with Gasteiger partial charge in [0.1, 0.15) is 30.8 Å². The van der Waals surface area contributed by atoms with E-state index in [0.29, 0.717) is 38.3 Å². The van der Waals surface area contributed by atoms with Crippen LogP contribution in [0, 0.1) is 17.8 Å². The molecular formula is C37H55N3O7. The van der Waals surface area contributed by atoms with Crippen molar-refractivity contribution in [3.8, 4) is 11.5 Å². The Morgan fingerprint density at radius 1 is 1.13 bits per heavy atom. The fraction of sp³-hybridized carbons (Fsp3) is 0.622. The molecule has 1 fully saturated rings. The molecule has 3 aliphatic rings. The molecule has 1 heterocycles. The lowest BCUT2D eigenvalue weighted by molar-refractivity contribution is -0.252. The minimum Gasteiger partial charge on any atom is -0.490 e. The van der Waals surface area contributed by atoms with Crippen LogP contribution in [-0.4, -0.2) is 85.3 Å². The summed E-state index contributed by atoms with van der Waals surface area (Å²) in [5, 5.41) is 27.1. The number of aliphatic hydroxyl groups excluding tert-OH is 2. The van der Waals surface area contributed by atoms with Crippen molar-refractivity contribution in [2.75, 3.05) is 46.6 Å². The Kier molecular flexibility index (Phi) is 13.8. The molecular weight excluding hydrogens is 598 g/mol. The number of aliphatic hydroxyl groups is 2. The Balaban J connectivity index is 1.99. The predicted molar refractivity (Wildman–Crippen MR) is 184 cm³/mol. The second kappa shape index (κ2) is 17.7. The molecule has 0 bridgehead atoms. The quantitative estimate of drug-likeness (QED) is 0.0958. The zero-order valence-corrected chi connectivity index (χ0v) is 28.5. The van der Waals surface area contributed by atoms with Gasteiger partial charge in [-0.15, -0.1) is 6.58 Å². The van der Waals surface area contributed by atoms with E-state index in [0.717, 1.165) is 61.1 Å².